The Balaban J connectivity index is 2.97. The minimum atomic E-state index is -3.70. The lowest BCUT2D eigenvalue weighted by Crippen LogP contribution is -2.33. The molecule has 6 heteroatoms. The van der Waals surface area contributed by atoms with E-state index in [2.05, 4.69) is 17.0 Å². The fraction of sp³-hybridized carbons (Fsp3) is 0.600. The quantitative estimate of drug-likeness (QED) is 0.736. The molecule has 0 aromatic heterocycles. The van der Waals surface area contributed by atoms with E-state index in [1.54, 1.807) is 0 Å². The van der Waals surface area contributed by atoms with E-state index in [0.29, 0.717) is 12.1 Å². The molecule has 120 valence electrons. The molecule has 0 aliphatic rings. The zero-order valence-electron chi connectivity index (χ0n) is 12.9. The van der Waals surface area contributed by atoms with E-state index in [0.717, 1.165) is 31.9 Å². The van der Waals surface area contributed by atoms with Crippen molar-refractivity contribution in [1.29, 1.82) is 0 Å². The summed E-state index contributed by atoms with van der Waals surface area (Å²) in [5.41, 5.74) is 0.577. The summed E-state index contributed by atoms with van der Waals surface area (Å²) in [6, 6.07) is 3.72. The average Bonchev–Trinajstić information content (AvgIpc) is 2.43. The standard InChI is InChI=1S/C15H25FN2O2S/c1-4-6-7-12(3)18-21(19,20)15-10-14(16)9-8-13(15)11-17-5-2/h8-10,12,17-18H,4-7,11H2,1-3H3. The molecule has 0 bridgehead atoms. The molecule has 0 saturated carbocycles. The van der Waals surface area contributed by atoms with Crippen LogP contribution in [0.2, 0.25) is 0 Å². The fourth-order valence-electron chi connectivity index (χ4n) is 2.08. The van der Waals surface area contributed by atoms with Crippen molar-refractivity contribution < 1.29 is 12.8 Å². The van der Waals surface area contributed by atoms with E-state index in [9.17, 15) is 12.8 Å². The van der Waals surface area contributed by atoms with Gasteiger partial charge in [0.25, 0.3) is 0 Å². The van der Waals surface area contributed by atoms with Gasteiger partial charge in [-0.25, -0.2) is 17.5 Å². The Morgan fingerprint density at radius 1 is 1.29 bits per heavy atom. The Hall–Kier alpha value is -0.980. The van der Waals surface area contributed by atoms with Crippen LogP contribution < -0.4 is 10.0 Å². The molecule has 0 aliphatic heterocycles. The van der Waals surface area contributed by atoms with E-state index in [4.69, 9.17) is 0 Å². The number of rotatable bonds is 9. The molecule has 0 radical (unpaired) electrons. The molecule has 1 rings (SSSR count). The number of unbranched alkanes of at least 4 members (excludes halogenated alkanes) is 1. The maximum absolute atomic E-state index is 13.4. The Morgan fingerprint density at radius 3 is 2.62 bits per heavy atom. The summed E-state index contributed by atoms with van der Waals surface area (Å²) < 4.78 is 40.9. The van der Waals surface area contributed by atoms with Crippen LogP contribution in [-0.4, -0.2) is 21.0 Å². The molecule has 1 aromatic rings. The van der Waals surface area contributed by atoms with E-state index in [1.807, 2.05) is 13.8 Å². The number of hydrogen-bond donors (Lipinski definition) is 2. The maximum Gasteiger partial charge on any atom is 0.241 e. The molecule has 1 aromatic carbocycles. The first-order valence-electron chi connectivity index (χ1n) is 7.42. The summed E-state index contributed by atoms with van der Waals surface area (Å²) in [6.07, 6.45) is 2.74. The zero-order valence-corrected chi connectivity index (χ0v) is 13.8. The topological polar surface area (TPSA) is 58.2 Å². The highest BCUT2D eigenvalue weighted by atomic mass is 32.2. The second-order valence-corrected chi connectivity index (χ2v) is 6.88. The van der Waals surface area contributed by atoms with Crippen LogP contribution in [-0.2, 0) is 16.6 Å². The van der Waals surface area contributed by atoms with Crippen molar-refractivity contribution in [2.75, 3.05) is 6.54 Å². The summed E-state index contributed by atoms with van der Waals surface area (Å²) >= 11 is 0. The second-order valence-electron chi connectivity index (χ2n) is 5.20. The first kappa shape index (κ1) is 18.1. The lowest BCUT2D eigenvalue weighted by Gasteiger charge is -2.16. The predicted molar refractivity (Wildman–Crippen MR) is 83.1 cm³/mol. The van der Waals surface area contributed by atoms with Gasteiger partial charge in [0, 0.05) is 12.6 Å². The Labute approximate surface area is 127 Å². The molecule has 1 atom stereocenters. The van der Waals surface area contributed by atoms with Gasteiger partial charge in [-0.05, 0) is 37.6 Å². The highest BCUT2D eigenvalue weighted by molar-refractivity contribution is 7.89. The molecular formula is C15H25FN2O2S. The minimum Gasteiger partial charge on any atom is -0.313 e. The zero-order chi connectivity index (χ0) is 15.9. The van der Waals surface area contributed by atoms with Crippen molar-refractivity contribution in [1.82, 2.24) is 10.0 Å². The first-order chi connectivity index (χ1) is 9.90. The van der Waals surface area contributed by atoms with Crippen molar-refractivity contribution in [3.63, 3.8) is 0 Å². The van der Waals surface area contributed by atoms with Crippen LogP contribution in [0.15, 0.2) is 23.1 Å². The van der Waals surface area contributed by atoms with Crippen molar-refractivity contribution >= 4 is 10.0 Å². The Morgan fingerprint density at radius 2 is 2.00 bits per heavy atom. The van der Waals surface area contributed by atoms with Gasteiger partial charge in [-0.1, -0.05) is 32.8 Å². The summed E-state index contributed by atoms with van der Waals surface area (Å²) in [5.74, 6) is -0.545. The van der Waals surface area contributed by atoms with Gasteiger partial charge in [0.15, 0.2) is 0 Å². The molecular weight excluding hydrogens is 291 g/mol. The van der Waals surface area contributed by atoms with E-state index < -0.39 is 15.8 Å². The van der Waals surface area contributed by atoms with Gasteiger partial charge in [0.05, 0.1) is 4.90 Å². The first-order valence-corrected chi connectivity index (χ1v) is 8.90. The maximum atomic E-state index is 13.4. The third kappa shape index (κ3) is 5.73. The molecule has 2 N–H and O–H groups in total. The van der Waals surface area contributed by atoms with E-state index in [1.165, 1.54) is 12.1 Å². The lowest BCUT2D eigenvalue weighted by atomic mass is 10.2. The number of nitrogens with one attached hydrogen (secondary N) is 2. The summed E-state index contributed by atoms with van der Waals surface area (Å²) in [5, 5.41) is 3.07. The molecule has 0 saturated heterocycles. The second kappa shape index (κ2) is 8.46. The molecule has 21 heavy (non-hydrogen) atoms. The van der Waals surface area contributed by atoms with Gasteiger partial charge in [0.2, 0.25) is 10.0 Å². The smallest absolute Gasteiger partial charge is 0.241 e. The SMILES string of the molecule is CCCCC(C)NS(=O)(=O)c1cc(F)ccc1CNCC. The molecule has 0 spiro atoms. The summed E-state index contributed by atoms with van der Waals surface area (Å²) in [6.45, 7) is 6.94. The molecule has 0 heterocycles. The largest absolute Gasteiger partial charge is 0.313 e. The highest BCUT2D eigenvalue weighted by Gasteiger charge is 2.21. The number of halogens is 1. The van der Waals surface area contributed by atoms with Gasteiger partial charge in [0.1, 0.15) is 5.82 Å². The van der Waals surface area contributed by atoms with E-state index >= 15 is 0 Å². The monoisotopic (exact) mass is 316 g/mol. The minimum absolute atomic E-state index is 0.0202. The summed E-state index contributed by atoms with van der Waals surface area (Å²) in [4.78, 5) is 0.0202. The van der Waals surface area contributed by atoms with Crippen LogP contribution >= 0.6 is 0 Å². The van der Waals surface area contributed by atoms with Crippen LogP contribution in [0.3, 0.4) is 0 Å². The van der Waals surface area contributed by atoms with Crippen LogP contribution in [0.4, 0.5) is 4.39 Å². The van der Waals surface area contributed by atoms with Crippen LogP contribution in [0, 0.1) is 5.82 Å². The van der Waals surface area contributed by atoms with E-state index in [-0.39, 0.29) is 10.9 Å². The van der Waals surface area contributed by atoms with Gasteiger partial charge in [-0.2, -0.15) is 0 Å². The third-order valence-electron chi connectivity index (χ3n) is 3.23. The molecule has 0 fully saturated rings. The number of benzene rings is 1. The average molecular weight is 316 g/mol. The van der Waals surface area contributed by atoms with Gasteiger partial charge in [-0.3, -0.25) is 0 Å². The third-order valence-corrected chi connectivity index (χ3v) is 4.90. The van der Waals surface area contributed by atoms with Crippen molar-refractivity contribution in [3.8, 4) is 0 Å². The molecule has 0 aliphatic carbocycles. The summed E-state index contributed by atoms with van der Waals surface area (Å²) in [7, 11) is -3.70. The lowest BCUT2D eigenvalue weighted by molar-refractivity contribution is 0.531. The van der Waals surface area contributed by atoms with Crippen LogP contribution in [0.25, 0.3) is 0 Å². The van der Waals surface area contributed by atoms with Gasteiger partial charge in [-0.15, -0.1) is 0 Å². The predicted octanol–water partition coefficient (Wildman–Crippen LogP) is 2.79. The van der Waals surface area contributed by atoms with Crippen LogP contribution in [0.5, 0.6) is 0 Å². The fourth-order valence-corrected chi connectivity index (χ4v) is 3.61. The highest BCUT2D eigenvalue weighted by Crippen LogP contribution is 2.18. The number of sulfonamides is 1. The van der Waals surface area contributed by atoms with Crippen molar-refractivity contribution in [2.45, 2.75) is 57.5 Å². The molecule has 4 nitrogen and oxygen atoms in total. The number of hydrogen-bond acceptors (Lipinski definition) is 3. The van der Waals surface area contributed by atoms with Gasteiger partial charge >= 0.3 is 0 Å². The Kier molecular flexibility index (Phi) is 7.28. The van der Waals surface area contributed by atoms with Gasteiger partial charge < -0.3 is 5.32 Å². The van der Waals surface area contributed by atoms with Crippen molar-refractivity contribution in [3.05, 3.63) is 29.6 Å². The van der Waals surface area contributed by atoms with Crippen LogP contribution in [0.1, 0.15) is 45.6 Å². The van der Waals surface area contributed by atoms with Crippen molar-refractivity contribution in [2.24, 2.45) is 0 Å². The molecule has 0 amide bonds. The Bertz CT molecular complexity index is 547. The molecule has 1 unspecified atom stereocenters. The normalized spacial score (nSPS) is 13.3.